The number of ketones is 1. The number of carbonyl (C=O) groups excluding carboxylic acids is 2. The Labute approximate surface area is 204 Å². The highest BCUT2D eigenvalue weighted by Gasteiger charge is 2.32. The van der Waals surface area contributed by atoms with Crippen LogP contribution in [0.25, 0.3) is 0 Å². The Morgan fingerprint density at radius 2 is 1.88 bits per heavy atom. The topological polar surface area (TPSA) is 137 Å². The van der Waals surface area contributed by atoms with Crippen LogP contribution < -0.4 is 19.5 Å². The molecule has 2 aromatic heterocycles. The van der Waals surface area contributed by atoms with Gasteiger partial charge < -0.3 is 19.3 Å². The number of fused-ring (bicyclic) bond motifs is 1. The van der Waals surface area contributed by atoms with E-state index in [1.165, 1.54) is 6.92 Å². The lowest BCUT2D eigenvalue weighted by Gasteiger charge is -2.15. The highest BCUT2D eigenvalue weighted by Crippen LogP contribution is 2.43. The van der Waals surface area contributed by atoms with E-state index in [0.717, 1.165) is 11.3 Å². The van der Waals surface area contributed by atoms with Crippen LogP contribution in [-0.2, 0) is 10.0 Å². The molecule has 0 aliphatic carbocycles. The molecule has 3 heterocycles. The van der Waals surface area contributed by atoms with E-state index < -0.39 is 15.9 Å². The third kappa shape index (κ3) is 4.01. The molecule has 0 atom stereocenters. The maximum Gasteiger partial charge on any atom is 0.267 e. The van der Waals surface area contributed by atoms with Crippen molar-refractivity contribution < 1.29 is 32.0 Å². The molecule has 10 nitrogen and oxygen atoms in total. The van der Waals surface area contributed by atoms with Crippen LogP contribution in [0.3, 0.4) is 0 Å². The van der Waals surface area contributed by atoms with Gasteiger partial charge in [-0.05, 0) is 51.8 Å². The molecular formula is C21H20ClN3O7S2. The molecule has 4 rings (SSSR count). The van der Waals surface area contributed by atoms with Crippen LogP contribution in [0.5, 0.6) is 11.5 Å². The number of hydrogen-bond donors (Lipinski definition) is 2. The van der Waals surface area contributed by atoms with Crippen LogP contribution >= 0.6 is 22.9 Å². The van der Waals surface area contributed by atoms with Gasteiger partial charge in [-0.15, -0.1) is 11.3 Å². The van der Waals surface area contributed by atoms with Crippen molar-refractivity contribution in [1.29, 1.82) is 0 Å². The first-order valence-electron chi connectivity index (χ1n) is 9.92. The van der Waals surface area contributed by atoms with Gasteiger partial charge in [0.2, 0.25) is 6.79 Å². The first-order valence-corrected chi connectivity index (χ1v) is 12.6. The molecule has 0 fully saturated rings. The molecule has 1 aliphatic heterocycles. The van der Waals surface area contributed by atoms with Gasteiger partial charge in [0.15, 0.2) is 17.3 Å². The number of Topliss-reactive ketones (excluding diaryl/α,β-unsaturated/α-hetero) is 1. The quantitative estimate of drug-likeness (QED) is 0.445. The van der Waals surface area contributed by atoms with Gasteiger partial charge in [0.1, 0.15) is 20.5 Å². The fraction of sp³-hybridized carbons (Fsp3) is 0.286. The monoisotopic (exact) mass is 525 g/mol. The van der Waals surface area contributed by atoms with Crippen LogP contribution in [0.2, 0.25) is 5.02 Å². The molecule has 3 aromatic rings. The van der Waals surface area contributed by atoms with Crippen molar-refractivity contribution >= 4 is 56.2 Å². The summed E-state index contributed by atoms with van der Waals surface area (Å²) in [6.07, 6.45) is 0. The molecule has 0 saturated carbocycles. The molecule has 180 valence electrons. The fourth-order valence-electron chi connectivity index (χ4n) is 3.51. The van der Waals surface area contributed by atoms with Gasteiger partial charge in [0.25, 0.3) is 21.8 Å². The average molecular weight is 526 g/mol. The number of nitrogens with zero attached hydrogens (tertiary/aromatic N) is 1. The number of halogens is 1. The molecule has 34 heavy (non-hydrogen) atoms. The number of nitrogens with one attached hydrogen (secondary N) is 2. The molecule has 13 heteroatoms. The summed E-state index contributed by atoms with van der Waals surface area (Å²) in [5.41, 5.74) is 1.63. The van der Waals surface area contributed by atoms with Crippen LogP contribution in [0.4, 0.5) is 11.6 Å². The molecule has 0 bridgehead atoms. The summed E-state index contributed by atoms with van der Waals surface area (Å²) in [4.78, 5) is 26.1. The summed E-state index contributed by atoms with van der Waals surface area (Å²) in [5, 5.41) is 6.35. The van der Waals surface area contributed by atoms with Crippen molar-refractivity contribution in [3.63, 3.8) is 0 Å². The largest absolute Gasteiger partial charge is 0.454 e. The number of benzene rings is 1. The van der Waals surface area contributed by atoms with E-state index in [1.807, 2.05) is 0 Å². The van der Waals surface area contributed by atoms with E-state index in [0.29, 0.717) is 27.4 Å². The minimum atomic E-state index is -4.28. The second kappa shape index (κ2) is 8.60. The van der Waals surface area contributed by atoms with Crippen molar-refractivity contribution in [2.24, 2.45) is 0 Å². The fourth-order valence-corrected chi connectivity index (χ4v) is 6.53. The number of aromatic nitrogens is 1. The summed E-state index contributed by atoms with van der Waals surface area (Å²) in [7, 11) is -4.28. The number of aryl methyl sites for hydroxylation is 3. The Morgan fingerprint density at radius 3 is 2.50 bits per heavy atom. The van der Waals surface area contributed by atoms with Gasteiger partial charge in [-0.2, -0.15) is 0 Å². The van der Waals surface area contributed by atoms with Crippen molar-refractivity contribution in [1.82, 2.24) is 5.16 Å². The molecular weight excluding hydrogens is 506 g/mol. The van der Waals surface area contributed by atoms with E-state index in [9.17, 15) is 18.0 Å². The Morgan fingerprint density at radius 1 is 1.18 bits per heavy atom. The van der Waals surface area contributed by atoms with Crippen molar-refractivity contribution in [2.75, 3.05) is 16.8 Å². The predicted octanol–water partition coefficient (Wildman–Crippen LogP) is 4.61. The molecule has 2 N–H and O–H groups in total. The van der Waals surface area contributed by atoms with E-state index in [4.69, 9.17) is 25.6 Å². The second-order valence-electron chi connectivity index (χ2n) is 7.65. The number of hydrogen-bond acceptors (Lipinski definition) is 9. The number of sulfonamides is 1. The Balaban J connectivity index is 1.76. The number of ether oxygens (including phenoxy) is 2. The zero-order valence-electron chi connectivity index (χ0n) is 18.8. The standard InChI is InChI=1S/C21H20ClN3O7S2/c1-8-6-13-17(31-7-30-13)14(11(4)26)16(8)23-20(27)18-19(9(2)12(5)33-18)34(28,29)25-21-15(22)10(3)24-32-21/h6,25H,7H2,1-5H3,(H,23,27). The van der Waals surface area contributed by atoms with E-state index in [-0.39, 0.29) is 50.3 Å². The summed E-state index contributed by atoms with van der Waals surface area (Å²) >= 11 is 7.06. The number of thiophene rings is 1. The van der Waals surface area contributed by atoms with E-state index >= 15 is 0 Å². The van der Waals surface area contributed by atoms with Gasteiger partial charge in [0.05, 0.1) is 11.3 Å². The summed E-state index contributed by atoms with van der Waals surface area (Å²) in [6, 6.07) is 1.64. The molecule has 0 unspecified atom stereocenters. The van der Waals surface area contributed by atoms with E-state index in [2.05, 4.69) is 15.2 Å². The Hall–Kier alpha value is -3.09. The number of anilines is 2. The first kappa shape index (κ1) is 24.0. The maximum atomic E-state index is 13.4. The van der Waals surface area contributed by atoms with Gasteiger partial charge in [0, 0.05) is 4.88 Å². The van der Waals surface area contributed by atoms with Gasteiger partial charge in [-0.25, -0.2) is 13.1 Å². The second-order valence-corrected chi connectivity index (χ2v) is 10.9. The van der Waals surface area contributed by atoms with E-state index in [1.54, 1.807) is 33.8 Å². The van der Waals surface area contributed by atoms with Gasteiger partial charge in [-0.1, -0.05) is 16.8 Å². The van der Waals surface area contributed by atoms with Crippen molar-refractivity contribution in [3.8, 4) is 11.5 Å². The van der Waals surface area contributed by atoms with Crippen molar-refractivity contribution in [3.05, 3.63) is 43.2 Å². The predicted molar refractivity (Wildman–Crippen MR) is 126 cm³/mol. The third-order valence-corrected chi connectivity index (χ3v) is 8.56. The summed E-state index contributed by atoms with van der Waals surface area (Å²) in [6.45, 7) is 7.85. The number of amides is 1. The lowest BCUT2D eigenvalue weighted by Crippen LogP contribution is -2.20. The van der Waals surface area contributed by atoms with Crippen molar-refractivity contribution in [2.45, 2.75) is 39.5 Å². The summed E-state index contributed by atoms with van der Waals surface area (Å²) in [5.74, 6) is -0.665. The van der Waals surface area contributed by atoms with Crippen LogP contribution in [0.1, 0.15) is 48.7 Å². The number of rotatable bonds is 6. The van der Waals surface area contributed by atoms with Crippen LogP contribution in [0.15, 0.2) is 15.5 Å². The molecule has 1 aliphatic rings. The Bertz CT molecular complexity index is 1460. The zero-order chi connectivity index (χ0) is 24.9. The zero-order valence-corrected chi connectivity index (χ0v) is 21.2. The lowest BCUT2D eigenvalue weighted by atomic mass is 10.0. The van der Waals surface area contributed by atoms with Gasteiger partial charge >= 0.3 is 0 Å². The number of carbonyl (C=O) groups is 2. The highest BCUT2D eigenvalue weighted by molar-refractivity contribution is 7.93. The molecule has 1 amide bonds. The van der Waals surface area contributed by atoms with Gasteiger partial charge in [-0.3, -0.25) is 9.59 Å². The van der Waals surface area contributed by atoms with Crippen LogP contribution in [0, 0.1) is 27.7 Å². The Kier molecular flexibility index (Phi) is 6.08. The third-order valence-electron chi connectivity index (χ3n) is 5.27. The minimum Gasteiger partial charge on any atom is -0.454 e. The smallest absolute Gasteiger partial charge is 0.267 e. The maximum absolute atomic E-state index is 13.4. The molecule has 1 aromatic carbocycles. The minimum absolute atomic E-state index is 0.0151. The molecule has 0 saturated heterocycles. The molecule has 0 radical (unpaired) electrons. The SMILES string of the molecule is CC(=O)c1c(NC(=O)c2sc(C)c(C)c2S(=O)(=O)Nc2onc(C)c2Cl)c(C)cc2c1OCO2. The molecule has 0 spiro atoms. The van der Waals surface area contributed by atoms with Crippen LogP contribution in [-0.4, -0.2) is 32.1 Å². The lowest BCUT2D eigenvalue weighted by molar-refractivity contribution is 0.101. The highest BCUT2D eigenvalue weighted by atomic mass is 35.5. The normalized spacial score (nSPS) is 12.6. The average Bonchev–Trinajstić information content (AvgIpc) is 3.42. The summed E-state index contributed by atoms with van der Waals surface area (Å²) < 4.78 is 44.5. The first-order chi connectivity index (χ1) is 15.9.